The molecule has 15 heavy (non-hydrogen) atoms. The third kappa shape index (κ3) is 10.8. The first-order chi connectivity index (χ1) is 7.02. The summed E-state index contributed by atoms with van der Waals surface area (Å²) in [6.45, 7) is 5.65. The molecule has 1 saturated heterocycles. The summed E-state index contributed by atoms with van der Waals surface area (Å²) in [5.74, 6) is -0.768. The molecule has 0 bridgehead atoms. The maximum absolute atomic E-state index is 10.5. The first-order valence-electron chi connectivity index (χ1n) is 5.18. The van der Waals surface area contributed by atoms with Crippen molar-refractivity contribution in [2.75, 3.05) is 19.8 Å². The van der Waals surface area contributed by atoms with Crippen molar-refractivity contribution in [1.82, 2.24) is 10.2 Å². The maximum Gasteiger partial charge on any atom is 0.300 e. The second kappa shape index (κ2) is 8.23. The van der Waals surface area contributed by atoms with Crippen LogP contribution in [0.3, 0.4) is 0 Å². The molecule has 0 atom stereocenters. The quantitative estimate of drug-likeness (QED) is 0.711. The van der Waals surface area contributed by atoms with Gasteiger partial charge in [0.2, 0.25) is 5.91 Å². The number of carbonyl (C=O) groups is 2. The van der Waals surface area contributed by atoms with Crippen LogP contribution < -0.4 is 5.32 Å². The number of amides is 1. The molecule has 0 unspecified atom stereocenters. The Morgan fingerprint density at radius 2 is 1.67 bits per heavy atom. The van der Waals surface area contributed by atoms with Crippen LogP contribution in [0.25, 0.3) is 0 Å². The number of likely N-dealkylation sites (tertiary alicyclic amines) is 1. The lowest BCUT2D eigenvalue weighted by Gasteiger charge is -2.26. The van der Waals surface area contributed by atoms with Crippen molar-refractivity contribution >= 4 is 11.9 Å². The molecule has 5 heteroatoms. The predicted octanol–water partition coefficient (Wildman–Crippen LogP) is 0.657. The molecule has 0 saturated carbocycles. The van der Waals surface area contributed by atoms with E-state index in [-0.39, 0.29) is 5.91 Å². The van der Waals surface area contributed by atoms with Gasteiger partial charge < -0.3 is 10.4 Å². The number of nitrogens with one attached hydrogen (secondary N) is 1. The molecule has 5 nitrogen and oxygen atoms in total. The van der Waals surface area contributed by atoms with E-state index in [4.69, 9.17) is 9.90 Å². The summed E-state index contributed by atoms with van der Waals surface area (Å²) >= 11 is 0. The number of carboxylic acids is 1. The summed E-state index contributed by atoms with van der Waals surface area (Å²) < 4.78 is 0. The van der Waals surface area contributed by atoms with Crippen LogP contribution in [0.15, 0.2) is 0 Å². The maximum atomic E-state index is 10.5. The SMILES string of the molecule is CC(=O)NCN1CCCCC1.CC(=O)O. The highest BCUT2D eigenvalue weighted by molar-refractivity contribution is 5.72. The van der Waals surface area contributed by atoms with Crippen LogP contribution in [-0.2, 0) is 9.59 Å². The number of hydrogen-bond donors (Lipinski definition) is 2. The summed E-state index contributed by atoms with van der Waals surface area (Å²) in [7, 11) is 0. The fourth-order valence-corrected chi connectivity index (χ4v) is 1.34. The van der Waals surface area contributed by atoms with E-state index in [1.54, 1.807) is 6.92 Å². The van der Waals surface area contributed by atoms with Gasteiger partial charge in [0.05, 0.1) is 6.67 Å². The Morgan fingerprint density at radius 1 is 1.20 bits per heavy atom. The minimum absolute atomic E-state index is 0.0653. The van der Waals surface area contributed by atoms with Gasteiger partial charge in [-0.1, -0.05) is 6.42 Å². The van der Waals surface area contributed by atoms with Crippen molar-refractivity contribution < 1.29 is 14.7 Å². The molecular formula is C10H20N2O3. The summed E-state index contributed by atoms with van der Waals surface area (Å²) in [6.07, 6.45) is 3.90. The number of piperidine rings is 1. The Kier molecular flexibility index (Phi) is 7.62. The molecule has 1 fully saturated rings. The standard InChI is InChI=1S/C8H16N2O.C2H4O2/c1-8(11)9-7-10-5-3-2-4-6-10;1-2(3)4/h2-7H2,1H3,(H,9,11);1H3,(H,3,4). The van der Waals surface area contributed by atoms with E-state index < -0.39 is 5.97 Å². The van der Waals surface area contributed by atoms with Gasteiger partial charge in [-0.15, -0.1) is 0 Å². The highest BCUT2D eigenvalue weighted by Crippen LogP contribution is 2.06. The van der Waals surface area contributed by atoms with Gasteiger partial charge in [0, 0.05) is 13.8 Å². The van der Waals surface area contributed by atoms with Gasteiger partial charge in [0.25, 0.3) is 5.97 Å². The lowest BCUT2D eigenvalue weighted by atomic mass is 10.1. The van der Waals surface area contributed by atoms with E-state index in [0.29, 0.717) is 0 Å². The Bertz CT molecular complexity index is 197. The van der Waals surface area contributed by atoms with E-state index in [9.17, 15) is 4.79 Å². The van der Waals surface area contributed by atoms with Crippen molar-refractivity contribution in [2.45, 2.75) is 33.1 Å². The predicted molar refractivity (Wildman–Crippen MR) is 57.4 cm³/mol. The molecule has 0 aromatic heterocycles. The van der Waals surface area contributed by atoms with Crippen LogP contribution in [0.2, 0.25) is 0 Å². The van der Waals surface area contributed by atoms with E-state index in [1.165, 1.54) is 19.3 Å². The molecule has 0 aromatic carbocycles. The van der Waals surface area contributed by atoms with Crippen molar-refractivity contribution in [3.63, 3.8) is 0 Å². The summed E-state index contributed by atoms with van der Waals surface area (Å²) in [4.78, 5) is 21.8. The zero-order chi connectivity index (χ0) is 11.7. The first-order valence-corrected chi connectivity index (χ1v) is 5.18. The molecule has 0 aromatic rings. The molecule has 0 aliphatic carbocycles. The number of aliphatic carboxylic acids is 1. The average molecular weight is 216 g/mol. The van der Waals surface area contributed by atoms with Crippen LogP contribution in [-0.4, -0.2) is 41.6 Å². The third-order valence-electron chi connectivity index (χ3n) is 2.00. The van der Waals surface area contributed by atoms with Gasteiger partial charge in [-0.2, -0.15) is 0 Å². The fraction of sp³-hybridized carbons (Fsp3) is 0.800. The van der Waals surface area contributed by atoms with Crippen LogP contribution in [0.5, 0.6) is 0 Å². The number of carbonyl (C=O) groups excluding carboxylic acids is 1. The summed E-state index contributed by atoms with van der Waals surface area (Å²) in [5.41, 5.74) is 0. The molecule has 0 spiro atoms. The van der Waals surface area contributed by atoms with Crippen molar-refractivity contribution in [3.8, 4) is 0 Å². The number of nitrogens with zero attached hydrogens (tertiary/aromatic N) is 1. The second-order valence-electron chi connectivity index (χ2n) is 3.59. The fourth-order valence-electron chi connectivity index (χ4n) is 1.34. The Hall–Kier alpha value is -1.10. The lowest BCUT2D eigenvalue weighted by molar-refractivity contribution is -0.134. The summed E-state index contributed by atoms with van der Waals surface area (Å²) in [6, 6.07) is 0. The molecule has 1 heterocycles. The molecule has 1 rings (SSSR count). The third-order valence-corrected chi connectivity index (χ3v) is 2.00. The Balaban J connectivity index is 0.000000423. The number of rotatable bonds is 2. The van der Waals surface area contributed by atoms with Gasteiger partial charge in [-0.05, 0) is 25.9 Å². The van der Waals surface area contributed by atoms with E-state index in [0.717, 1.165) is 26.7 Å². The largest absolute Gasteiger partial charge is 0.481 e. The first kappa shape index (κ1) is 13.9. The molecule has 1 aliphatic heterocycles. The van der Waals surface area contributed by atoms with Crippen LogP contribution in [0, 0.1) is 0 Å². The van der Waals surface area contributed by atoms with E-state index >= 15 is 0 Å². The minimum Gasteiger partial charge on any atom is -0.481 e. The van der Waals surface area contributed by atoms with Gasteiger partial charge in [0.1, 0.15) is 0 Å². The highest BCUT2D eigenvalue weighted by Gasteiger charge is 2.08. The van der Waals surface area contributed by atoms with Crippen molar-refractivity contribution in [2.24, 2.45) is 0 Å². The molecule has 1 amide bonds. The van der Waals surface area contributed by atoms with Gasteiger partial charge in [0.15, 0.2) is 0 Å². The smallest absolute Gasteiger partial charge is 0.300 e. The topological polar surface area (TPSA) is 69.6 Å². The zero-order valence-electron chi connectivity index (χ0n) is 9.45. The van der Waals surface area contributed by atoms with Crippen molar-refractivity contribution in [1.29, 1.82) is 0 Å². The van der Waals surface area contributed by atoms with Gasteiger partial charge in [-0.25, -0.2) is 0 Å². The molecule has 1 aliphatic rings. The van der Waals surface area contributed by atoms with Gasteiger partial charge in [-0.3, -0.25) is 14.5 Å². The minimum atomic E-state index is -0.833. The van der Waals surface area contributed by atoms with Crippen molar-refractivity contribution in [3.05, 3.63) is 0 Å². The van der Waals surface area contributed by atoms with Gasteiger partial charge >= 0.3 is 0 Å². The highest BCUT2D eigenvalue weighted by atomic mass is 16.4. The zero-order valence-corrected chi connectivity index (χ0v) is 9.45. The molecule has 2 N–H and O–H groups in total. The lowest BCUT2D eigenvalue weighted by Crippen LogP contribution is -2.39. The molecule has 0 radical (unpaired) electrons. The Labute approximate surface area is 90.5 Å². The number of carboxylic acid groups (broad SMARTS) is 1. The monoisotopic (exact) mass is 216 g/mol. The normalized spacial score (nSPS) is 16.1. The average Bonchev–Trinajstić information content (AvgIpc) is 2.15. The summed E-state index contributed by atoms with van der Waals surface area (Å²) in [5, 5.41) is 10.2. The second-order valence-corrected chi connectivity index (χ2v) is 3.59. The van der Waals surface area contributed by atoms with Crippen LogP contribution >= 0.6 is 0 Å². The van der Waals surface area contributed by atoms with E-state index in [2.05, 4.69) is 10.2 Å². The molecular weight excluding hydrogens is 196 g/mol. The van der Waals surface area contributed by atoms with E-state index in [1.807, 2.05) is 0 Å². The van der Waals surface area contributed by atoms with Crippen LogP contribution in [0.4, 0.5) is 0 Å². The number of hydrogen-bond acceptors (Lipinski definition) is 3. The Morgan fingerprint density at radius 3 is 2.07 bits per heavy atom. The van der Waals surface area contributed by atoms with Crippen LogP contribution in [0.1, 0.15) is 33.1 Å². The molecule has 88 valence electrons.